The van der Waals surface area contributed by atoms with Gasteiger partial charge in [0.1, 0.15) is 5.75 Å². The molecule has 1 aromatic carbocycles. The van der Waals surface area contributed by atoms with Crippen LogP contribution in [0.1, 0.15) is 12.8 Å². The molecule has 0 bridgehead atoms. The van der Waals surface area contributed by atoms with E-state index in [-0.39, 0.29) is 24.4 Å². The van der Waals surface area contributed by atoms with Crippen LogP contribution in [0.15, 0.2) is 24.3 Å². The summed E-state index contributed by atoms with van der Waals surface area (Å²) in [6.45, 7) is 3.96. The highest BCUT2D eigenvalue weighted by Crippen LogP contribution is 2.27. The summed E-state index contributed by atoms with van der Waals surface area (Å²) in [4.78, 5) is 16.4. The fourth-order valence-corrected chi connectivity index (χ4v) is 3.02. The zero-order chi connectivity index (χ0) is 13.9. The van der Waals surface area contributed by atoms with Crippen LogP contribution in [-0.2, 0) is 4.79 Å². The summed E-state index contributed by atoms with van der Waals surface area (Å²) in [6, 6.07) is 7.40. The first-order chi connectivity index (χ1) is 9.75. The van der Waals surface area contributed by atoms with Crippen LogP contribution in [0.3, 0.4) is 0 Å². The number of para-hydroxylation sites is 2. The Kier molecular flexibility index (Phi) is 5.31. The van der Waals surface area contributed by atoms with Crippen LogP contribution in [0.5, 0.6) is 5.75 Å². The summed E-state index contributed by atoms with van der Waals surface area (Å²) in [5, 5.41) is 13.1. The third kappa shape index (κ3) is 3.41. The van der Waals surface area contributed by atoms with E-state index in [0.717, 1.165) is 51.3 Å². The number of benzene rings is 1. The first kappa shape index (κ1) is 15.9. The monoisotopic (exact) mass is 311 g/mol. The van der Waals surface area contributed by atoms with Crippen LogP contribution >= 0.6 is 12.4 Å². The summed E-state index contributed by atoms with van der Waals surface area (Å²) in [5.74, 6) is 0.546. The highest BCUT2D eigenvalue weighted by molar-refractivity contribution is 5.85. The second kappa shape index (κ2) is 7.00. The predicted octanol–water partition coefficient (Wildman–Crippen LogP) is 1.21. The third-order valence-electron chi connectivity index (χ3n) is 4.17. The number of hydrogen-bond acceptors (Lipinski definition) is 4. The first-order valence-corrected chi connectivity index (χ1v) is 7.31. The molecule has 2 saturated heterocycles. The number of piperazine rings is 1. The van der Waals surface area contributed by atoms with Crippen molar-refractivity contribution in [2.45, 2.75) is 18.9 Å². The molecule has 6 heteroatoms. The number of rotatable bonds is 2. The van der Waals surface area contributed by atoms with E-state index in [1.54, 1.807) is 6.07 Å². The van der Waals surface area contributed by atoms with Crippen LogP contribution in [0, 0.1) is 0 Å². The zero-order valence-corrected chi connectivity index (χ0v) is 12.8. The van der Waals surface area contributed by atoms with E-state index in [1.165, 1.54) is 0 Å². The minimum Gasteiger partial charge on any atom is -0.506 e. The van der Waals surface area contributed by atoms with Crippen LogP contribution in [0.4, 0.5) is 5.69 Å². The van der Waals surface area contributed by atoms with Gasteiger partial charge in [-0.3, -0.25) is 4.79 Å². The van der Waals surface area contributed by atoms with Crippen molar-refractivity contribution in [1.82, 2.24) is 10.2 Å². The molecular weight excluding hydrogens is 290 g/mol. The Bertz CT molecular complexity index is 484. The molecule has 2 fully saturated rings. The summed E-state index contributed by atoms with van der Waals surface area (Å²) in [7, 11) is 0. The number of halogens is 1. The maximum absolute atomic E-state index is 12.3. The molecule has 116 valence electrons. The van der Waals surface area contributed by atoms with E-state index in [1.807, 2.05) is 23.1 Å². The van der Waals surface area contributed by atoms with Crippen LogP contribution in [0.25, 0.3) is 0 Å². The molecular formula is C15H22ClN3O2. The average Bonchev–Trinajstić information content (AvgIpc) is 3.01. The largest absolute Gasteiger partial charge is 0.506 e. The summed E-state index contributed by atoms with van der Waals surface area (Å²) in [6.07, 6.45) is 2.05. The lowest BCUT2D eigenvalue weighted by atomic mass is 10.1. The molecule has 1 atom stereocenters. The SMILES string of the molecule is Cl.O=C([C@@H]1CCCN1)N1CCN(c2ccccc2O)CC1. The first-order valence-electron chi connectivity index (χ1n) is 7.31. The van der Waals surface area contributed by atoms with Crippen molar-refractivity contribution in [3.05, 3.63) is 24.3 Å². The van der Waals surface area contributed by atoms with Crippen LogP contribution < -0.4 is 10.2 Å². The molecule has 1 amide bonds. The van der Waals surface area contributed by atoms with Crippen molar-refractivity contribution in [1.29, 1.82) is 0 Å². The number of carbonyl (C=O) groups excluding carboxylic acids is 1. The smallest absolute Gasteiger partial charge is 0.239 e. The van der Waals surface area contributed by atoms with Gasteiger partial charge in [-0.05, 0) is 31.5 Å². The minimum atomic E-state index is 0. The number of nitrogens with one attached hydrogen (secondary N) is 1. The molecule has 0 unspecified atom stereocenters. The molecule has 0 radical (unpaired) electrons. The Morgan fingerprint density at radius 1 is 1.19 bits per heavy atom. The van der Waals surface area contributed by atoms with Gasteiger partial charge in [-0.15, -0.1) is 12.4 Å². The fraction of sp³-hybridized carbons (Fsp3) is 0.533. The Hall–Kier alpha value is -1.46. The van der Waals surface area contributed by atoms with Gasteiger partial charge in [-0.1, -0.05) is 12.1 Å². The number of phenolic OH excluding ortho intramolecular Hbond substituents is 1. The molecule has 1 aromatic rings. The van der Waals surface area contributed by atoms with Crippen LogP contribution in [0.2, 0.25) is 0 Å². The van der Waals surface area contributed by atoms with Crippen molar-refractivity contribution < 1.29 is 9.90 Å². The quantitative estimate of drug-likeness (QED) is 0.862. The van der Waals surface area contributed by atoms with Gasteiger partial charge in [-0.2, -0.15) is 0 Å². The molecule has 0 spiro atoms. The maximum Gasteiger partial charge on any atom is 0.239 e. The van der Waals surface area contributed by atoms with E-state index in [9.17, 15) is 9.90 Å². The normalized spacial score (nSPS) is 22.0. The van der Waals surface area contributed by atoms with Crippen molar-refractivity contribution in [3.63, 3.8) is 0 Å². The van der Waals surface area contributed by atoms with E-state index < -0.39 is 0 Å². The Morgan fingerprint density at radius 2 is 1.90 bits per heavy atom. The van der Waals surface area contributed by atoms with E-state index in [0.29, 0.717) is 5.75 Å². The van der Waals surface area contributed by atoms with Gasteiger partial charge in [0, 0.05) is 26.2 Å². The van der Waals surface area contributed by atoms with E-state index in [2.05, 4.69) is 10.2 Å². The second-order valence-electron chi connectivity index (χ2n) is 5.45. The summed E-state index contributed by atoms with van der Waals surface area (Å²) < 4.78 is 0. The molecule has 2 aliphatic rings. The molecule has 0 aliphatic carbocycles. The second-order valence-corrected chi connectivity index (χ2v) is 5.45. The third-order valence-corrected chi connectivity index (χ3v) is 4.17. The summed E-state index contributed by atoms with van der Waals surface area (Å²) in [5.41, 5.74) is 0.860. The van der Waals surface area contributed by atoms with Gasteiger partial charge in [0.25, 0.3) is 0 Å². The molecule has 2 N–H and O–H groups in total. The van der Waals surface area contributed by atoms with Crippen molar-refractivity contribution >= 4 is 24.0 Å². The Balaban J connectivity index is 0.00000161. The van der Waals surface area contributed by atoms with Gasteiger partial charge in [0.2, 0.25) is 5.91 Å². The average molecular weight is 312 g/mol. The van der Waals surface area contributed by atoms with Crippen molar-refractivity contribution in [2.75, 3.05) is 37.6 Å². The molecule has 0 aromatic heterocycles. The molecule has 3 rings (SSSR count). The number of aromatic hydroxyl groups is 1. The molecule has 2 heterocycles. The van der Waals surface area contributed by atoms with Crippen molar-refractivity contribution in [3.8, 4) is 5.75 Å². The van der Waals surface area contributed by atoms with Gasteiger partial charge in [-0.25, -0.2) is 0 Å². The number of anilines is 1. The number of phenols is 1. The van der Waals surface area contributed by atoms with Gasteiger partial charge >= 0.3 is 0 Å². The van der Waals surface area contributed by atoms with Gasteiger partial charge < -0.3 is 20.2 Å². The topological polar surface area (TPSA) is 55.8 Å². The Morgan fingerprint density at radius 3 is 2.52 bits per heavy atom. The number of amides is 1. The summed E-state index contributed by atoms with van der Waals surface area (Å²) >= 11 is 0. The van der Waals surface area contributed by atoms with Crippen LogP contribution in [-0.4, -0.2) is 54.7 Å². The predicted molar refractivity (Wildman–Crippen MR) is 85.2 cm³/mol. The lowest BCUT2D eigenvalue weighted by Crippen LogP contribution is -2.53. The minimum absolute atomic E-state index is 0. The number of carbonyl (C=O) groups is 1. The van der Waals surface area contributed by atoms with Gasteiger partial charge in [0.05, 0.1) is 11.7 Å². The lowest BCUT2D eigenvalue weighted by Gasteiger charge is -2.37. The zero-order valence-electron chi connectivity index (χ0n) is 12.0. The molecule has 21 heavy (non-hydrogen) atoms. The van der Waals surface area contributed by atoms with Crippen molar-refractivity contribution in [2.24, 2.45) is 0 Å². The highest BCUT2D eigenvalue weighted by atomic mass is 35.5. The molecule has 5 nitrogen and oxygen atoms in total. The molecule has 2 aliphatic heterocycles. The number of nitrogens with zero attached hydrogens (tertiary/aromatic N) is 2. The Labute approximate surface area is 131 Å². The van der Waals surface area contributed by atoms with E-state index >= 15 is 0 Å². The highest BCUT2D eigenvalue weighted by Gasteiger charge is 2.29. The standard InChI is InChI=1S/C15H21N3O2.ClH/c19-14-6-2-1-5-13(14)17-8-10-18(11-9-17)15(20)12-4-3-7-16-12;/h1-2,5-6,12,16,19H,3-4,7-11H2;1H/t12-;/m0./s1. The maximum atomic E-state index is 12.3. The van der Waals surface area contributed by atoms with Gasteiger partial charge in [0.15, 0.2) is 0 Å². The fourth-order valence-electron chi connectivity index (χ4n) is 3.02. The van der Waals surface area contributed by atoms with E-state index in [4.69, 9.17) is 0 Å². The molecule has 0 saturated carbocycles. The lowest BCUT2D eigenvalue weighted by molar-refractivity contribution is -0.133. The number of hydrogen-bond donors (Lipinski definition) is 2.